The Morgan fingerprint density at radius 2 is 1.80 bits per heavy atom. The van der Waals surface area contributed by atoms with Crippen molar-refractivity contribution in [1.29, 1.82) is 0 Å². The lowest BCUT2D eigenvalue weighted by Gasteiger charge is -2.18. The number of hydrogen-bond donors (Lipinski definition) is 1. The van der Waals surface area contributed by atoms with E-state index in [1.807, 2.05) is 24.3 Å². The van der Waals surface area contributed by atoms with Gasteiger partial charge >= 0.3 is 0 Å². The number of aromatic nitrogens is 2. The van der Waals surface area contributed by atoms with E-state index in [-0.39, 0.29) is 11.9 Å². The summed E-state index contributed by atoms with van der Waals surface area (Å²) >= 11 is 5.98. The zero-order valence-corrected chi connectivity index (χ0v) is 17.6. The minimum atomic E-state index is -0.108. The van der Waals surface area contributed by atoms with E-state index in [1.54, 1.807) is 24.3 Å². The van der Waals surface area contributed by atoms with Crippen molar-refractivity contribution in [3.05, 3.63) is 101 Å². The molecule has 0 fully saturated rings. The molecule has 0 aliphatic carbocycles. The third-order valence-electron chi connectivity index (χ3n) is 5.29. The summed E-state index contributed by atoms with van der Waals surface area (Å²) in [5.41, 5.74) is 3.95. The number of hydrogen-bond acceptors (Lipinski definition) is 2. The summed E-state index contributed by atoms with van der Waals surface area (Å²) in [6.07, 6.45) is 1.58. The van der Waals surface area contributed by atoms with Crippen LogP contribution in [0.1, 0.15) is 41.1 Å². The lowest BCUT2D eigenvalue weighted by atomic mass is 10.1. The van der Waals surface area contributed by atoms with Gasteiger partial charge in [0.15, 0.2) is 0 Å². The highest BCUT2D eigenvalue weighted by Gasteiger charge is 2.17. The van der Waals surface area contributed by atoms with Crippen LogP contribution in [0.25, 0.3) is 11.0 Å². The van der Waals surface area contributed by atoms with E-state index in [0.717, 1.165) is 29.7 Å². The largest absolute Gasteiger partial charge is 0.352 e. The summed E-state index contributed by atoms with van der Waals surface area (Å²) in [4.78, 5) is 17.2. The average molecular weight is 418 g/mol. The lowest BCUT2D eigenvalue weighted by molar-refractivity contribution is 0.0953. The fourth-order valence-electron chi connectivity index (χ4n) is 3.76. The third kappa shape index (κ3) is 4.39. The second kappa shape index (κ2) is 9.14. The monoisotopic (exact) mass is 417 g/mol. The van der Waals surface area contributed by atoms with Crippen molar-refractivity contribution in [2.24, 2.45) is 0 Å². The van der Waals surface area contributed by atoms with E-state index in [0.29, 0.717) is 17.1 Å². The molecule has 0 aliphatic rings. The summed E-state index contributed by atoms with van der Waals surface area (Å²) < 4.78 is 2.31. The molecule has 1 unspecified atom stereocenters. The van der Waals surface area contributed by atoms with Crippen molar-refractivity contribution in [3.8, 4) is 0 Å². The predicted molar refractivity (Wildman–Crippen MR) is 122 cm³/mol. The van der Waals surface area contributed by atoms with Crippen molar-refractivity contribution < 1.29 is 4.79 Å². The van der Waals surface area contributed by atoms with Crippen LogP contribution in [0, 0.1) is 0 Å². The molecule has 4 rings (SSSR count). The Morgan fingerprint density at radius 3 is 2.60 bits per heavy atom. The zero-order chi connectivity index (χ0) is 20.9. The average Bonchev–Trinajstić information content (AvgIpc) is 3.15. The summed E-state index contributed by atoms with van der Waals surface area (Å²) in [7, 11) is 0. The Bertz CT molecular complexity index is 1150. The van der Waals surface area contributed by atoms with Gasteiger partial charge in [0.1, 0.15) is 5.82 Å². The first-order chi connectivity index (χ1) is 14.6. The van der Waals surface area contributed by atoms with Crippen LogP contribution >= 0.6 is 11.6 Å². The van der Waals surface area contributed by atoms with Crippen molar-refractivity contribution in [2.75, 3.05) is 6.54 Å². The second-order valence-electron chi connectivity index (χ2n) is 7.34. The van der Waals surface area contributed by atoms with Gasteiger partial charge in [0.25, 0.3) is 5.91 Å². The summed E-state index contributed by atoms with van der Waals surface area (Å²) in [5, 5.41) is 3.54. The molecule has 0 saturated heterocycles. The zero-order valence-electron chi connectivity index (χ0n) is 16.9. The molecule has 1 aromatic heterocycles. The Labute approximate surface area is 181 Å². The first-order valence-electron chi connectivity index (χ1n) is 10.2. The van der Waals surface area contributed by atoms with Crippen molar-refractivity contribution >= 4 is 28.5 Å². The van der Waals surface area contributed by atoms with Crippen LogP contribution in [0.15, 0.2) is 78.9 Å². The van der Waals surface area contributed by atoms with Gasteiger partial charge in [-0.1, -0.05) is 60.1 Å². The van der Waals surface area contributed by atoms with Gasteiger partial charge in [-0.15, -0.1) is 0 Å². The molecule has 0 spiro atoms. The molecule has 30 heavy (non-hydrogen) atoms. The number of nitrogens with zero attached hydrogens (tertiary/aromatic N) is 2. The van der Waals surface area contributed by atoms with E-state index >= 15 is 0 Å². The fourth-order valence-corrected chi connectivity index (χ4v) is 3.95. The molecule has 5 heteroatoms. The summed E-state index contributed by atoms with van der Waals surface area (Å²) in [6.45, 7) is 2.78. The molecule has 4 aromatic rings. The van der Waals surface area contributed by atoms with E-state index in [9.17, 15) is 4.79 Å². The molecule has 0 aliphatic heterocycles. The van der Waals surface area contributed by atoms with Crippen molar-refractivity contribution in [1.82, 2.24) is 14.9 Å². The maximum Gasteiger partial charge on any atom is 0.251 e. The van der Waals surface area contributed by atoms with E-state index < -0.39 is 0 Å². The second-order valence-corrected chi connectivity index (χ2v) is 7.78. The molecule has 1 heterocycles. The number of halogens is 1. The van der Waals surface area contributed by atoms with Gasteiger partial charge in [0.2, 0.25) is 0 Å². The molecule has 152 valence electrons. The van der Waals surface area contributed by atoms with Crippen molar-refractivity contribution in [2.45, 2.75) is 25.8 Å². The van der Waals surface area contributed by atoms with Gasteiger partial charge in [0, 0.05) is 23.6 Å². The first kappa shape index (κ1) is 20.2. The number of carbonyl (C=O) groups excluding carboxylic acids is 1. The van der Waals surface area contributed by atoms with E-state index in [2.05, 4.69) is 47.1 Å². The van der Waals surface area contributed by atoms with Gasteiger partial charge in [-0.2, -0.15) is 0 Å². The minimum absolute atomic E-state index is 0.108. The maximum absolute atomic E-state index is 12.3. The number of nitrogens with one attached hydrogen (secondary N) is 1. The normalized spacial score (nSPS) is 12.1. The summed E-state index contributed by atoms with van der Waals surface area (Å²) in [5.74, 6) is 0.924. The van der Waals surface area contributed by atoms with E-state index in [4.69, 9.17) is 16.6 Å². The molecule has 4 nitrogen and oxygen atoms in total. The Morgan fingerprint density at radius 1 is 1.03 bits per heavy atom. The van der Waals surface area contributed by atoms with Crippen LogP contribution in [0.4, 0.5) is 0 Å². The van der Waals surface area contributed by atoms with Crippen molar-refractivity contribution in [3.63, 3.8) is 0 Å². The highest BCUT2D eigenvalue weighted by molar-refractivity contribution is 6.30. The molecule has 0 bridgehead atoms. The van der Waals surface area contributed by atoms with E-state index in [1.165, 1.54) is 5.56 Å². The predicted octanol–water partition coefficient (Wildman–Crippen LogP) is 5.66. The third-order valence-corrected chi connectivity index (χ3v) is 5.52. The molecule has 1 N–H and O–H groups in total. The Balaban J connectivity index is 1.48. The molecule has 1 amide bonds. The smallest absolute Gasteiger partial charge is 0.251 e. The van der Waals surface area contributed by atoms with Gasteiger partial charge in [-0.25, -0.2) is 4.98 Å². The Hall–Kier alpha value is -3.11. The molecule has 0 radical (unpaired) electrons. The highest BCUT2D eigenvalue weighted by atomic mass is 35.5. The molecular formula is C25H24ClN3O. The number of fused-ring (bicyclic) bond motifs is 1. The van der Waals surface area contributed by atoms with Crippen LogP contribution in [0.3, 0.4) is 0 Å². The number of benzene rings is 3. The number of para-hydroxylation sites is 2. The van der Waals surface area contributed by atoms with Crippen LogP contribution in [-0.4, -0.2) is 22.0 Å². The Kier molecular flexibility index (Phi) is 6.15. The van der Waals surface area contributed by atoms with Gasteiger partial charge in [0.05, 0.1) is 17.1 Å². The molecule has 1 atom stereocenters. The van der Waals surface area contributed by atoms with Crippen LogP contribution in [0.5, 0.6) is 0 Å². The fraction of sp³-hybridized carbons (Fsp3) is 0.200. The molecule has 0 saturated carbocycles. The SMILES string of the molecule is CC(c1ccccc1)n1c(CCCNC(=O)c2cccc(Cl)c2)nc2ccccc21. The topological polar surface area (TPSA) is 46.9 Å². The van der Waals surface area contributed by atoms with Crippen LogP contribution < -0.4 is 5.32 Å². The van der Waals surface area contributed by atoms with Gasteiger partial charge in [-0.05, 0) is 49.2 Å². The number of amides is 1. The minimum Gasteiger partial charge on any atom is -0.352 e. The number of rotatable bonds is 7. The lowest BCUT2D eigenvalue weighted by Crippen LogP contribution is -2.25. The standard InChI is InChI=1S/C25H24ClN3O/c1-18(19-9-3-2-4-10-19)29-23-14-6-5-13-22(23)28-24(29)15-8-16-27-25(30)20-11-7-12-21(26)17-20/h2-7,9-14,17-18H,8,15-16H2,1H3,(H,27,30). The summed E-state index contributed by atoms with van der Waals surface area (Å²) in [6, 6.07) is 25.9. The quantitative estimate of drug-likeness (QED) is 0.394. The first-order valence-corrected chi connectivity index (χ1v) is 10.6. The molecular weight excluding hydrogens is 394 g/mol. The van der Waals surface area contributed by atoms with Crippen LogP contribution in [0.2, 0.25) is 5.02 Å². The van der Waals surface area contributed by atoms with Gasteiger partial charge < -0.3 is 9.88 Å². The molecule has 3 aromatic carbocycles. The van der Waals surface area contributed by atoms with Crippen LogP contribution in [-0.2, 0) is 6.42 Å². The number of aryl methyl sites for hydroxylation is 1. The maximum atomic E-state index is 12.3. The highest BCUT2D eigenvalue weighted by Crippen LogP contribution is 2.26. The van der Waals surface area contributed by atoms with Gasteiger partial charge in [-0.3, -0.25) is 4.79 Å². The number of imidazole rings is 1. The number of carbonyl (C=O) groups is 1.